The van der Waals surface area contributed by atoms with Crippen LogP contribution in [0.2, 0.25) is 0 Å². The number of rotatable bonds is 8. The van der Waals surface area contributed by atoms with Crippen LogP contribution >= 0.6 is 6.72 Å². The monoisotopic (exact) mass is 224 g/mol. The molecule has 0 radical (unpaired) electrons. The zero-order chi connectivity index (χ0) is 10.2. The molecule has 0 saturated heterocycles. The summed E-state index contributed by atoms with van der Waals surface area (Å²) >= 11 is 4.08. The van der Waals surface area contributed by atoms with Gasteiger partial charge in [-0.1, -0.05) is 45.7 Å². The number of unbranched alkanes of at least 4 members (excludes halogenated alkanes) is 5. The number of hydrogen-bond acceptors (Lipinski definition) is 4. The van der Waals surface area contributed by atoms with Gasteiger partial charge in [-0.25, -0.2) is 0 Å². The van der Waals surface area contributed by atoms with Gasteiger partial charge in [0.25, 0.3) is 0 Å². The van der Waals surface area contributed by atoms with E-state index in [9.17, 15) is 9.79 Å². The van der Waals surface area contributed by atoms with Gasteiger partial charge in [-0.2, -0.15) is 0 Å². The molecule has 0 fully saturated rings. The van der Waals surface area contributed by atoms with Crippen molar-refractivity contribution in [3.05, 3.63) is 0 Å². The molecule has 0 spiro atoms. The zero-order valence-corrected chi connectivity index (χ0v) is 9.74. The second-order valence-corrected chi connectivity index (χ2v) is 5.54. The van der Waals surface area contributed by atoms with E-state index in [1.807, 2.05) is 0 Å². The molecule has 0 aliphatic rings. The first kappa shape index (κ1) is 13.5. The first-order chi connectivity index (χ1) is 6.06. The molecule has 13 heavy (non-hydrogen) atoms. The van der Waals surface area contributed by atoms with Crippen LogP contribution in [0.5, 0.6) is 0 Å². The molecule has 0 saturated carbocycles. The molecule has 0 aromatic heterocycles. The van der Waals surface area contributed by atoms with E-state index in [4.69, 9.17) is 0 Å². The molecule has 5 heteroatoms. The SMILES string of the molecule is CCCCCCCCOP([O-])([O-])=S. The molecule has 0 N–H and O–H groups in total. The lowest BCUT2D eigenvalue weighted by Crippen LogP contribution is -2.16. The fourth-order valence-corrected chi connectivity index (χ4v) is 1.64. The summed E-state index contributed by atoms with van der Waals surface area (Å²) < 4.78 is 4.45. The Labute approximate surface area is 85.4 Å². The Morgan fingerprint density at radius 1 is 1.08 bits per heavy atom. The minimum Gasteiger partial charge on any atom is -0.812 e. The lowest BCUT2D eigenvalue weighted by molar-refractivity contribution is -0.321. The van der Waals surface area contributed by atoms with Crippen molar-refractivity contribution in [2.75, 3.05) is 6.61 Å². The van der Waals surface area contributed by atoms with E-state index in [2.05, 4.69) is 23.3 Å². The highest BCUT2D eigenvalue weighted by atomic mass is 32.5. The van der Waals surface area contributed by atoms with Crippen LogP contribution in [-0.4, -0.2) is 6.61 Å². The smallest absolute Gasteiger partial charge is 0.0486 e. The van der Waals surface area contributed by atoms with Crippen molar-refractivity contribution in [2.24, 2.45) is 0 Å². The summed E-state index contributed by atoms with van der Waals surface area (Å²) in [5.74, 6) is 0. The molecule has 3 nitrogen and oxygen atoms in total. The predicted octanol–water partition coefficient (Wildman–Crippen LogP) is 1.31. The van der Waals surface area contributed by atoms with Crippen molar-refractivity contribution in [3.63, 3.8) is 0 Å². The maximum absolute atomic E-state index is 10.4. The van der Waals surface area contributed by atoms with Crippen LogP contribution in [0.3, 0.4) is 0 Å². The summed E-state index contributed by atoms with van der Waals surface area (Å²) in [7, 11) is 0. The fourth-order valence-electron chi connectivity index (χ4n) is 1.06. The minimum atomic E-state index is -3.89. The molecular weight excluding hydrogens is 207 g/mol. The molecular formula is C8H17O3PS-2. The van der Waals surface area contributed by atoms with Crippen molar-refractivity contribution in [2.45, 2.75) is 45.4 Å². The van der Waals surface area contributed by atoms with Gasteiger partial charge in [-0.15, -0.1) is 11.8 Å². The maximum Gasteiger partial charge on any atom is 0.0486 e. The Kier molecular flexibility index (Phi) is 8.21. The Morgan fingerprint density at radius 2 is 1.62 bits per heavy atom. The number of hydrogen-bond donors (Lipinski definition) is 0. The van der Waals surface area contributed by atoms with Gasteiger partial charge < -0.3 is 14.3 Å². The van der Waals surface area contributed by atoms with Crippen molar-refractivity contribution >= 4 is 18.5 Å². The Bertz CT molecular complexity index is 157. The van der Waals surface area contributed by atoms with E-state index in [1.54, 1.807) is 0 Å². The van der Waals surface area contributed by atoms with E-state index in [0.717, 1.165) is 19.3 Å². The predicted molar refractivity (Wildman–Crippen MR) is 53.6 cm³/mol. The first-order valence-corrected chi connectivity index (χ1v) is 7.28. The van der Waals surface area contributed by atoms with Crippen LogP contribution in [-0.2, 0) is 16.3 Å². The second kappa shape index (κ2) is 7.89. The summed E-state index contributed by atoms with van der Waals surface area (Å²) in [4.78, 5) is 20.8. The van der Waals surface area contributed by atoms with Gasteiger partial charge in [0.15, 0.2) is 0 Å². The molecule has 0 amide bonds. The van der Waals surface area contributed by atoms with E-state index < -0.39 is 6.72 Å². The zero-order valence-electron chi connectivity index (χ0n) is 8.03. The van der Waals surface area contributed by atoms with E-state index in [-0.39, 0.29) is 6.61 Å². The van der Waals surface area contributed by atoms with Gasteiger partial charge in [0.05, 0.1) is 0 Å². The third kappa shape index (κ3) is 12.5. The normalized spacial score (nSPS) is 11.9. The molecule has 0 bridgehead atoms. The summed E-state index contributed by atoms with van der Waals surface area (Å²) in [5.41, 5.74) is 0. The van der Waals surface area contributed by atoms with Crippen LogP contribution in [0.15, 0.2) is 0 Å². The molecule has 0 unspecified atom stereocenters. The molecule has 0 aromatic rings. The van der Waals surface area contributed by atoms with Gasteiger partial charge in [-0.3, -0.25) is 0 Å². The lowest BCUT2D eigenvalue weighted by atomic mass is 10.1. The summed E-state index contributed by atoms with van der Waals surface area (Å²) in [6, 6.07) is 0. The minimum absolute atomic E-state index is 0.246. The molecule has 0 aromatic carbocycles. The molecule has 0 rings (SSSR count). The van der Waals surface area contributed by atoms with Crippen molar-refractivity contribution in [1.29, 1.82) is 0 Å². The van der Waals surface area contributed by atoms with Crippen LogP contribution in [0, 0.1) is 0 Å². The highest BCUT2D eigenvalue weighted by Gasteiger charge is 1.90. The van der Waals surface area contributed by atoms with Crippen molar-refractivity contribution < 1.29 is 14.3 Å². The van der Waals surface area contributed by atoms with E-state index in [1.165, 1.54) is 19.3 Å². The highest BCUT2D eigenvalue weighted by Crippen LogP contribution is 2.25. The highest BCUT2D eigenvalue weighted by molar-refractivity contribution is 8.05. The Hall–Kier alpha value is 0.530. The standard InChI is InChI=1S/C8H19O3PS/c1-2-3-4-5-6-7-8-11-12(9,10)13/h2-8H2,1H3,(H2,9,10,13)/p-2. The largest absolute Gasteiger partial charge is 0.812 e. The average Bonchev–Trinajstić information content (AvgIpc) is 2.01. The fraction of sp³-hybridized carbons (Fsp3) is 1.00. The van der Waals surface area contributed by atoms with Crippen LogP contribution in [0.25, 0.3) is 0 Å². The summed E-state index contributed by atoms with van der Waals surface area (Å²) in [5, 5.41) is 0. The topological polar surface area (TPSA) is 55.3 Å². The van der Waals surface area contributed by atoms with Crippen LogP contribution in [0.1, 0.15) is 45.4 Å². The molecule has 80 valence electrons. The van der Waals surface area contributed by atoms with Crippen LogP contribution < -0.4 is 9.79 Å². The van der Waals surface area contributed by atoms with Crippen molar-refractivity contribution in [1.82, 2.24) is 0 Å². The Morgan fingerprint density at radius 3 is 2.15 bits per heavy atom. The molecule has 0 heterocycles. The summed E-state index contributed by atoms with van der Waals surface area (Å²) in [6.45, 7) is -1.49. The third-order valence-corrected chi connectivity index (χ3v) is 2.56. The van der Waals surface area contributed by atoms with E-state index in [0.29, 0.717) is 0 Å². The van der Waals surface area contributed by atoms with Crippen LogP contribution in [0.4, 0.5) is 0 Å². The maximum atomic E-state index is 10.4. The molecule has 0 aliphatic heterocycles. The first-order valence-electron chi connectivity index (χ1n) is 4.73. The van der Waals surface area contributed by atoms with Crippen molar-refractivity contribution in [3.8, 4) is 0 Å². The van der Waals surface area contributed by atoms with E-state index >= 15 is 0 Å². The van der Waals surface area contributed by atoms with Gasteiger partial charge in [-0.05, 0) is 6.42 Å². The molecule has 0 atom stereocenters. The Balaban J connectivity index is 3.04. The quantitative estimate of drug-likeness (QED) is 0.461. The molecule has 0 aliphatic carbocycles. The van der Waals surface area contributed by atoms with Gasteiger partial charge in [0, 0.05) is 6.61 Å². The third-order valence-electron chi connectivity index (χ3n) is 1.75. The lowest BCUT2D eigenvalue weighted by Gasteiger charge is -2.34. The average molecular weight is 224 g/mol. The van der Waals surface area contributed by atoms with Gasteiger partial charge in [0.1, 0.15) is 0 Å². The van der Waals surface area contributed by atoms with Gasteiger partial charge in [0.2, 0.25) is 0 Å². The summed E-state index contributed by atoms with van der Waals surface area (Å²) in [6.07, 6.45) is 6.65. The van der Waals surface area contributed by atoms with Gasteiger partial charge >= 0.3 is 0 Å². The second-order valence-electron chi connectivity index (χ2n) is 3.05.